The molecule has 0 aromatic heterocycles. The minimum atomic E-state index is -3.36. The van der Waals surface area contributed by atoms with E-state index in [1.807, 2.05) is 6.07 Å². The van der Waals surface area contributed by atoms with Crippen molar-refractivity contribution in [2.75, 3.05) is 29.2 Å². The van der Waals surface area contributed by atoms with E-state index >= 15 is 0 Å². The van der Waals surface area contributed by atoms with Crippen molar-refractivity contribution < 1.29 is 33.0 Å². The molecule has 216 valence electrons. The predicted octanol–water partition coefficient (Wildman–Crippen LogP) is 6.36. The van der Waals surface area contributed by atoms with Crippen LogP contribution >= 0.6 is 11.6 Å². The summed E-state index contributed by atoms with van der Waals surface area (Å²) in [6.07, 6.45) is -1.75. The number of hydrogen-bond donors (Lipinski definition) is 3. The molecule has 1 fully saturated rings. The number of nitrogens with one attached hydrogen (secondary N) is 2. The van der Waals surface area contributed by atoms with Crippen molar-refractivity contribution in [1.82, 2.24) is 0 Å². The third kappa shape index (κ3) is 6.65. The van der Waals surface area contributed by atoms with Crippen LogP contribution in [-0.4, -0.2) is 42.8 Å². The van der Waals surface area contributed by atoms with E-state index in [2.05, 4.69) is 10.6 Å². The molecule has 0 saturated heterocycles. The lowest BCUT2D eigenvalue weighted by Crippen LogP contribution is -2.39. The third-order valence-corrected chi connectivity index (χ3v) is 7.53. The van der Waals surface area contributed by atoms with Crippen LogP contribution in [0.2, 0.25) is 5.02 Å². The Morgan fingerprint density at radius 2 is 1.76 bits per heavy atom. The maximum atomic E-state index is 14.1. The number of ether oxygens (including phenoxy) is 2. The molecule has 11 heteroatoms. The fourth-order valence-electron chi connectivity index (χ4n) is 5.18. The van der Waals surface area contributed by atoms with Gasteiger partial charge in [0.15, 0.2) is 0 Å². The fourth-order valence-corrected chi connectivity index (χ4v) is 5.31. The van der Waals surface area contributed by atoms with Crippen molar-refractivity contribution in [2.24, 2.45) is 5.92 Å². The van der Waals surface area contributed by atoms with E-state index in [1.165, 1.54) is 19.2 Å². The number of amides is 1. The molecule has 5 rings (SSSR count). The second-order valence-corrected chi connectivity index (χ2v) is 10.8. The summed E-state index contributed by atoms with van der Waals surface area (Å²) in [5, 5.41) is 16.4. The largest absolute Gasteiger partial charge is 0.497 e. The van der Waals surface area contributed by atoms with E-state index in [0.29, 0.717) is 60.4 Å². The molecule has 1 atom stereocenters. The summed E-state index contributed by atoms with van der Waals surface area (Å²) in [7, 11) is 1.54. The van der Waals surface area contributed by atoms with Crippen LogP contribution in [0.1, 0.15) is 36.9 Å². The smallest absolute Gasteiger partial charge is 0.394 e. The molecule has 41 heavy (non-hydrogen) atoms. The van der Waals surface area contributed by atoms with Gasteiger partial charge in [0.05, 0.1) is 18.7 Å². The van der Waals surface area contributed by atoms with Crippen molar-refractivity contribution in [1.29, 1.82) is 0 Å². The van der Waals surface area contributed by atoms with Gasteiger partial charge >= 0.3 is 12.1 Å². The number of rotatable bonds is 10. The van der Waals surface area contributed by atoms with Crippen LogP contribution in [-0.2, 0) is 16.0 Å². The zero-order valence-electron chi connectivity index (χ0n) is 22.5. The summed E-state index contributed by atoms with van der Waals surface area (Å²) < 4.78 is 37.3. The van der Waals surface area contributed by atoms with Gasteiger partial charge in [-0.25, -0.2) is 0 Å². The first kappa shape index (κ1) is 28.5. The first-order valence-corrected chi connectivity index (χ1v) is 13.6. The lowest BCUT2D eigenvalue weighted by atomic mass is 9.80. The standard InChI is InChI=1S/C30H30ClF2N3O5/c1-30(32,33)41-24-8-5-17-9-10-36(26(17)16-24)28(37)27(18-3-6-20(31)7-4-18)35-23-13-22(14-25(15-23)40-2)34-21-11-19(12-21)29(38)39/h3-8,13-16,19,21,27,34-35H,9-12H2,1-2H3,(H,38,39). The number of carboxylic acids is 1. The van der Waals surface area contributed by atoms with Gasteiger partial charge in [0.1, 0.15) is 17.5 Å². The number of carbonyl (C=O) groups excluding carboxylic acids is 1. The quantitative estimate of drug-likeness (QED) is 0.255. The van der Waals surface area contributed by atoms with Crippen molar-refractivity contribution in [3.63, 3.8) is 0 Å². The van der Waals surface area contributed by atoms with Crippen LogP contribution < -0.4 is 25.0 Å². The summed E-state index contributed by atoms with van der Waals surface area (Å²) in [6, 6.07) is 16.1. The normalized spacial score (nSPS) is 18.6. The molecule has 1 saturated carbocycles. The molecule has 1 amide bonds. The van der Waals surface area contributed by atoms with Gasteiger partial charge in [0.2, 0.25) is 0 Å². The number of anilines is 3. The van der Waals surface area contributed by atoms with E-state index in [-0.39, 0.29) is 23.6 Å². The minimum absolute atomic E-state index is 0.0118. The lowest BCUT2D eigenvalue weighted by Gasteiger charge is -2.34. The fraction of sp³-hybridized carbons (Fsp3) is 0.333. The Bertz CT molecular complexity index is 1440. The van der Waals surface area contributed by atoms with Crippen LogP contribution in [0.25, 0.3) is 0 Å². The lowest BCUT2D eigenvalue weighted by molar-refractivity contribution is -0.159. The van der Waals surface area contributed by atoms with Gasteiger partial charge in [-0.05, 0) is 54.7 Å². The molecule has 2 aliphatic rings. The second-order valence-electron chi connectivity index (χ2n) is 10.4. The maximum Gasteiger partial charge on any atom is 0.394 e. The summed E-state index contributed by atoms with van der Waals surface area (Å²) in [6.45, 7) is 1.04. The summed E-state index contributed by atoms with van der Waals surface area (Å²) in [5.41, 5.74) is 3.34. The number of aliphatic carboxylic acids is 1. The average Bonchev–Trinajstić information content (AvgIpc) is 3.31. The first-order chi connectivity index (χ1) is 19.5. The van der Waals surface area contributed by atoms with E-state index in [9.17, 15) is 23.5 Å². The zero-order chi connectivity index (χ0) is 29.3. The summed E-state index contributed by atoms with van der Waals surface area (Å²) in [4.78, 5) is 26.9. The highest BCUT2D eigenvalue weighted by Crippen LogP contribution is 2.37. The number of carboxylic acid groups (broad SMARTS) is 1. The Balaban J connectivity index is 1.43. The number of carbonyl (C=O) groups is 2. The SMILES string of the molecule is COc1cc(NC2CC(C(=O)O)C2)cc(NC(C(=O)N2CCc3ccc(OC(C)(F)F)cc32)c2ccc(Cl)cc2)c1. The Morgan fingerprint density at radius 1 is 1.05 bits per heavy atom. The molecule has 3 aromatic carbocycles. The molecule has 1 aliphatic carbocycles. The number of benzene rings is 3. The summed E-state index contributed by atoms with van der Waals surface area (Å²) in [5.74, 6) is -0.933. The van der Waals surface area contributed by atoms with E-state index in [0.717, 1.165) is 11.3 Å². The van der Waals surface area contributed by atoms with E-state index < -0.39 is 18.1 Å². The van der Waals surface area contributed by atoms with Gasteiger partial charge < -0.3 is 30.1 Å². The Kier molecular flexibility index (Phi) is 7.95. The minimum Gasteiger partial charge on any atom is -0.497 e. The maximum absolute atomic E-state index is 14.1. The first-order valence-electron chi connectivity index (χ1n) is 13.2. The molecule has 3 N–H and O–H groups in total. The van der Waals surface area contributed by atoms with Crippen molar-refractivity contribution >= 4 is 40.5 Å². The molecule has 0 radical (unpaired) electrons. The summed E-state index contributed by atoms with van der Waals surface area (Å²) >= 11 is 6.13. The number of nitrogens with zero attached hydrogens (tertiary/aromatic N) is 1. The molecule has 1 unspecified atom stereocenters. The second kappa shape index (κ2) is 11.4. The molecular weight excluding hydrogens is 556 g/mol. The Morgan fingerprint density at radius 3 is 2.41 bits per heavy atom. The average molecular weight is 586 g/mol. The highest BCUT2D eigenvalue weighted by Gasteiger charge is 2.35. The number of hydrogen-bond acceptors (Lipinski definition) is 6. The molecule has 0 spiro atoms. The molecule has 3 aromatic rings. The Labute approximate surface area is 241 Å². The van der Waals surface area contributed by atoms with Crippen molar-refractivity contribution in [3.8, 4) is 11.5 Å². The van der Waals surface area contributed by atoms with Crippen LogP contribution in [0.3, 0.4) is 0 Å². The predicted molar refractivity (Wildman–Crippen MR) is 152 cm³/mol. The van der Waals surface area contributed by atoms with E-state index in [1.54, 1.807) is 47.4 Å². The third-order valence-electron chi connectivity index (χ3n) is 7.28. The topological polar surface area (TPSA) is 100 Å². The molecular formula is C30H30ClF2N3O5. The number of halogens is 3. The number of methoxy groups -OCH3 is 1. The number of fused-ring (bicyclic) bond motifs is 1. The van der Waals surface area contributed by atoms with Crippen molar-refractivity contribution in [3.05, 3.63) is 76.8 Å². The molecule has 8 nitrogen and oxygen atoms in total. The Hall–Kier alpha value is -4.05. The van der Waals surface area contributed by atoms with Crippen LogP contribution in [0.5, 0.6) is 11.5 Å². The van der Waals surface area contributed by atoms with Crippen LogP contribution in [0.15, 0.2) is 60.7 Å². The molecule has 1 heterocycles. The molecule has 0 bridgehead atoms. The van der Waals surface area contributed by atoms with Gasteiger partial charge in [-0.15, -0.1) is 0 Å². The molecule has 1 aliphatic heterocycles. The van der Waals surface area contributed by atoms with Gasteiger partial charge in [-0.3, -0.25) is 9.59 Å². The van der Waals surface area contributed by atoms with Gasteiger partial charge in [0.25, 0.3) is 5.91 Å². The van der Waals surface area contributed by atoms with Gasteiger partial charge in [-0.2, -0.15) is 8.78 Å². The van der Waals surface area contributed by atoms with Gasteiger partial charge in [-0.1, -0.05) is 29.8 Å². The monoisotopic (exact) mass is 585 g/mol. The highest BCUT2D eigenvalue weighted by molar-refractivity contribution is 6.30. The van der Waals surface area contributed by atoms with Gasteiger partial charge in [0, 0.05) is 54.1 Å². The van der Waals surface area contributed by atoms with E-state index in [4.69, 9.17) is 21.1 Å². The number of alkyl halides is 2. The zero-order valence-corrected chi connectivity index (χ0v) is 23.3. The van der Waals surface area contributed by atoms with Crippen LogP contribution in [0, 0.1) is 5.92 Å². The van der Waals surface area contributed by atoms with Crippen LogP contribution in [0.4, 0.5) is 25.8 Å². The van der Waals surface area contributed by atoms with Crippen molar-refractivity contribution in [2.45, 2.75) is 44.4 Å². The highest BCUT2D eigenvalue weighted by atomic mass is 35.5.